The first-order valence-corrected chi connectivity index (χ1v) is 14.1. The molecule has 2 atom stereocenters. The van der Waals surface area contributed by atoms with Crippen molar-refractivity contribution < 1.29 is 27.5 Å². The highest BCUT2D eigenvalue weighted by atomic mass is 35.5. The molecule has 0 bridgehead atoms. The van der Waals surface area contributed by atoms with E-state index in [1.807, 2.05) is 36.4 Å². The van der Waals surface area contributed by atoms with Crippen molar-refractivity contribution in [3.8, 4) is 10.4 Å². The average molecular weight is 551 g/mol. The number of sulfonamides is 1. The fourth-order valence-corrected chi connectivity index (χ4v) is 6.98. The molecule has 190 valence electrons. The number of aryl methyl sites for hydroxylation is 1. The van der Waals surface area contributed by atoms with Gasteiger partial charge in [-0.25, -0.2) is 17.5 Å². The Bertz CT molecular complexity index is 1380. The number of rotatable bonds is 8. The smallest absolute Gasteiger partial charge is 0.303 e. The minimum absolute atomic E-state index is 0.129. The summed E-state index contributed by atoms with van der Waals surface area (Å²) < 4.78 is 41.2. The lowest BCUT2D eigenvalue weighted by Gasteiger charge is -2.28. The zero-order valence-corrected chi connectivity index (χ0v) is 21.4. The monoisotopic (exact) mass is 550 g/mol. The van der Waals surface area contributed by atoms with Crippen LogP contribution in [0.5, 0.6) is 0 Å². The van der Waals surface area contributed by atoms with Gasteiger partial charge in [-0.05, 0) is 60.7 Å². The maximum Gasteiger partial charge on any atom is 0.303 e. The molecule has 11 heteroatoms. The van der Waals surface area contributed by atoms with E-state index in [9.17, 15) is 22.4 Å². The van der Waals surface area contributed by atoms with Crippen LogP contribution in [0.3, 0.4) is 0 Å². The highest BCUT2D eigenvalue weighted by Crippen LogP contribution is 2.36. The molecular formula is C25H24ClFN2O5S2. The van der Waals surface area contributed by atoms with E-state index in [4.69, 9.17) is 16.7 Å². The number of carboxylic acid groups (broad SMARTS) is 1. The van der Waals surface area contributed by atoms with Gasteiger partial charge in [-0.2, -0.15) is 0 Å². The van der Waals surface area contributed by atoms with Gasteiger partial charge in [-0.3, -0.25) is 9.59 Å². The number of hydrogen-bond acceptors (Lipinski definition) is 5. The fourth-order valence-electron chi connectivity index (χ4n) is 4.08. The molecule has 1 fully saturated rings. The van der Waals surface area contributed by atoms with Crippen molar-refractivity contribution in [2.45, 2.75) is 31.7 Å². The number of aliphatic carboxylic acids is 1. The van der Waals surface area contributed by atoms with E-state index in [1.54, 1.807) is 0 Å². The van der Waals surface area contributed by atoms with Crippen LogP contribution in [0, 0.1) is 11.7 Å². The molecule has 1 aromatic heterocycles. The summed E-state index contributed by atoms with van der Waals surface area (Å²) in [7, 11) is -3.69. The zero-order chi connectivity index (χ0) is 25.9. The number of benzene rings is 2. The first-order valence-electron chi connectivity index (χ1n) is 11.3. The fraction of sp³-hybridized carbons (Fsp3) is 0.280. The number of amides is 1. The maximum atomic E-state index is 13.4. The molecule has 0 radical (unpaired) electrons. The van der Waals surface area contributed by atoms with Crippen molar-refractivity contribution >= 4 is 50.5 Å². The molecule has 3 N–H and O–H groups in total. The van der Waals surface area contributed by atoms with Gasteiger partial charge in [0.15, 0.2) is 0 Å². The number of nitrogens with one attached hydrogen (secondary N) is 2. The maximum absolute atomic E-state index is 13.4. The Morgan fingerprint density at radius 1 is 1.14 bits per heavy atom. The summed E-state index contributed by atoms with van der Waals surface area (Å²) in [5.41, 5.74) is 2.31. The number of anilines is 1. The number of thiophene rings is 1. The predicted octanol–water partition coefficient (Wildman–Crippen LogP) is 5.23. The Morgan fingerprint density at radius 2 is 1.89 bits per heavy atom. The molecule has 0 saturated carbocycles. The van der Waals surface area contributed by atoms with Crippen LogP contribution in [0.4, 0.5) is 10.1 Å². The highest BCUT2D eigenvalue weighted by Gasteiger charge is 2.36. The van der Waals surface area contributed by atoms with E-state index >= 15 is 0 Å². The molecule has 1 saturated heterocycles. The van der Waals surface area contributed by atoms with E-state index in [1.165, 1.54) is 23.5 Å². The highest BCUT2D eigenvalue weighted by molar-refractivity contribution is 7.89. The number of carbonyl (C=O) groups excluding carboxylic acids is 1. The first kappa shape index (κ1) is 26.3. The number of hydrogen-bond donors (Lipinski definition) is 3. The Kier molecular flexibility index (Phi) is 8.09. The molecule has 2 heterocycles. The molecule has 36 heavy (non-hydrogen) atoms. The van der Waals surface area contributed by atoms with Crippen LogP contribution in [-0.4, -0.2) is 31.2 Å². The van der Waals surface area contributed by atoms with E-state index in [0.717, 1.165) is 26.9 Å². The lowest BCUT2D eigenvalue weighted by atomic mass is 9.99. The van der Waals surface area contributed by atoms with Crippen LogP contribution in [0.25, 0.3) is 10.4 Å². The third-order valence-electron chi connectivity index (χ3n) is 5.89. The number of carboxylic acids is 1. The normalized spacial score (nSPS) is 19.1. The molecule has 2 aromatic carbocycles. The van der Waals surface area contributed by atoms with Crippen molar-refractivity contribution in [2.24, 2.45) is 5.92 Å². The van der Waals surface area contributed by atoms with Gasteiger partial charge in [-0.1, -0.05) is 35.9 Å². The van der Waals surface area contributed by atoms with Gasteiger partial charge in [0.05, 0.1) is 22.7 Å². The minimum Gasteiger partial charge on any atom is -0.481 e. The third kappa shape index (κ3) is 6.70. The standard InChI is InChI=1S/C25H24ClFN2O5S2/c26-19-13-18(8-9-20(19)27)28-25(32)17-12-21(29-36(33,34)14-17)23-11-10-22(35-23)16-6-4-15(5-7-16)2-1-3-24(30)31/h4-11,13,17,21,29H,1-3,12,14H2,(H,28,32)(H,30,31). The lowest BCUT2D eigenvalue weighted by molar-refractivity contribution is -0.137. The summed E-state index contributed by atoms with van der Waals surface area (Å²) in [5, 5.41) is 11.3. The van der Waals surface area contributed by atoms with Crippen molar-refractivity contribution in [3.63, 3.8) is 0 Å². The van der Waals surface area contributed by atoms with Crippen LogP contribution in [0.1, 0.15) is 35.7 Å². The summed E-state index contributed by atoms with van der Waals surface area (Å²) in [6, 6.07) is 14.8. The summed E-state index contributed by atoms with van der Waals surface area (Å²) in [6.45, 7) is 0. The second-order valence-electron chi connectivity index (χ2n) is 8.65. The molecule has 2 unspecified atom stereocenters. The Hall–Kier alpha value is -2.79. The van der Waals surface area contributed by atoms with Crippen molar-refractivity contribution in [1.29, 1.82) is 0 Å². The molecule has 1 aliphatic rings. The Balaban J connectivity index is 1.44. The molecular weight excluding hydrogens is 527 g/mol. The second kappa shape index (κ2) is 11.1. The summed E-state index contributed by atoms with van der Waals surface area (Å²) in [5.74, 6) is -3.02. The summed E-state index contributed by atoms with van der Waals surface area (Å²) in [6.07, 6.45) is 1.66. The second-order valence-corrected chi connectivity index (χ2v) is 12.0. The zero-order valence-electron chi connectivity index (χ0n) is 19.0. The first-order chi connectivity index (χ1) is 17.1. The molecule has 0 spiro atoms. The van der Waals surface area contributed by atoms with Crippen LogP contribution >= 0.6 is 22.9 Å². The van der Waals surface area contributed by atoms with Crippen molar-refractivity contribution in [1.82, 2.24) is 4.72 Å². The Labute approximate surface area is 217 Å². The van der Waals surface area contributed by atoms with Gasteiger partial charge in [0, 0.05) is 21.9 Å². The average Bonchev–Trinajstić information content (AvgIpc) is 3.31. The van der Waals surface area contributed by atoms with Gasteiger partial charge in [0.1, 0.15) is 5.82 Å². The SMILES string of the molecule is O=C(O)CCCc1ccc(-c2ccc(C3CC(C(=O)Nc4ccc(F)c(Cl)c4)CS(=O)(=O)N3)s2)cc1. The van der Waals surface area contributed by atoms with Crippen molar-refractivity contribution in [3.05, 3.63) is 75.9 Å². The topological polar surface area (TPSA) is 113 Å². The van der Waals surface area contributed by atoms with E-state index in [-0.39, 0.29) is 23.6 Å². The van der Waals surface area contributed by atoms with Gasteiger partial charge in [0.2, 0.25) is 15.9 Å². The van der Waals surface area contributed by atoms with Crippen LogP contribution in [0.15, 0.2) is 54.6 Å². The number of carbonyl (C=O) groups is 2. The lowest BCUT2D eigenvalue weighted by Crippen LogP contribution is -2.44. The molecule has 7 nitrogen and oxygen atoms in total. The van der Waals surface area contributed by atoms with Crippen LogP contribution < -0.4 is 10.0 Å². The van der Waals surface area contributed by atoms with Gasteiger partial charge < -0.3 is 10.4 Å². The third-order valence-corrected chi connectivity index (χ3v) is 8.91. The van der Waals surface area contributed by atoms with Crippen molar-refractivity contribution in [2.75, 3.05) is 11.1 Å². The van der Waals surface area contributed by atoms with Crippen LogP contribution in [-0.2, 0) is 26.0 Å². The minimum atomic E-state index is -3.69. The molecule has 1 amide bonds. The van der Waals surface area contributed by atoms with Gasteiger partial charge in [-0.15, -0.1) is 11.3 Å². The number of halogens is 2. The quantitative estimate of drug-likeness (QED) is 0.355. The van der Waals surface area contributed by atoms with Crippen LogP contribution in [0.2, 0.25) is 5.02 Å². The van der Waals surface area contributed by atoms with E-state index < -0.39 is 39.7 Å². The van der Waals surface area contributed by atoms with Gasteiger partial charge >= 0.3 is 5.97 Å². The summed E-state index contributed by atoms with van der Waals surface area (Å²) in [4.78, 5) is 25.3. The molecule has 1 aliphatic heterocycles. The predicted molar refractivity (Wildman–Crippen MR) is 138 cm³/mol. The molecule has 3 aromatic rings. The Morgan fingerprint density at radius 3 is 2.58 bits per heavy atom. The van der Waals surface area contributed by atoms with E-state index in [2.05, 4.69) is 10.0 Å². The summed E-state index contributed by atoms with van der Waals surface area (Å²) >= 11 is 7.22. The molecule has 0 aliphatic carbocycles. The molecule has 4 rings (SSSR count). The largest absolute Gasteiger partial charge is 0.481 e. The van der Waals surface area contributed by atoms with Gasteiger partial charge in [0.25, 0.3) is 0 Å². The van der Waals surface area contributed by atoms with E-state index in [0.29, 0.717) is 18.5 Å².